The van der Waals surface area contributed by atoms with Crippen LogP contribution < -0.4 is 0 Å². The molecule has 0 aliphatic rings. The number of rotatable bonds is 3. The highest BCUT2D eigenvalue weighted by Crippen LogP contribution is 2.29. The van der Waals surface area contributed by atoms with Crippen LogP contribution in [0.3, 0.4) is 0 Å². The van der Waals surface area contributed by atoms with Crippen molar-refractivity contribution in [3.05, 3.63) is 46.2 Å². The van der Waals surface area contributed by atoms with Crippen LogP contribution in [0.1, 0.15) is 23.8 Å². The van der Waals surface area contributed by atoms with Crippen molar-refractivity contribution in [1.82, 2.24) is 19.3 Å². The summed E-state index contributed by atoms with van der Waals surface area (Å²) in [6.45, 7) is 2.39. The molecule has 0 amide bonds. The molecule has 0 spiro atoms. The van der Waals surface area contributed by atoms with Gasteiger partial charge in [-0.25, -0.2) is 9.37 Å². The molecule has 2 aromatic heterocycles. The SMILES string of the molecule is CC(Cl)c1nc2cc(F)c(Br)cc2n1Cc1ccn(C)n1. The Labute approximate surface area is 134 Å². The van der Waals surface area contributed by atoms with E-state index in [-0.39, 0.29) is 11.2 Å². The fraction of sp³-hybridized carbons (Fsp3) is 0.286. The lowest BCUT2D eigenvalue weighted by Gasteiger charge is -2.09. The first kappa shape index (κ1) is 14.5. The molecule has 4 nitrogen and oxygen atoms in total. The van der Waals surface area contributed by atoms with E-state index in [0.717, 1.165) is 11.2 Å². The summed E-state index contributed by atoms with van der Waals surface area (Å²) in [7, 11) is 1.87. The molecule has 2 heterocycles. The average Bonchev–Trinajstić information content (AvgIpc) is 2.96. The molecule has 1 aromatic carbocycles. The number of aryl methyl sites for hydroxylation is 1. The molecule has 0 N–H and O–H groups in total. The third-order valence-corrected chi connectivity index (χ3v) is 4.07. The second-order valence-electron chi connectivity index (χ2n) is 4.91. The first-order chi connectivity index (χ1) is 9.95. The van der Waals surface area contributed by atoms with E-state index < -0.39 is 0 Å². The van der Waals surface area contributed by atoms with Crippen molar-refractivity contribution in [2.24, 2.45) is 7.05 Å². The second kappa shape index (κ2) is 5.42. The summed E-state index contributed by atoms with van der Waals surface area (Å²) in [5.41, 5.74) is 2.32. The van der Waals surface area contributed by atoms with E-state index in [1.165, 1.54) is 6.07 Å². The standard InChI is InChI=1S/C14H13BrClFN4/c1-8(16)14-18-12-6-11(17)10(15)5-13(12)21(14)7-9-3-4-20(2)19-9/h3-6,8H,7H2,1-2H3. The quantitative estimate of drug-likeness (QED) is 0.652. The Balaban J connectivity index is 2.17. The molecule has 0 saturated heterocycles. The maximum Gasteiger partial charge on any atom is 0.139 e. The molecular formula is C14H13BrClFN4. The number of halogens is 3. The van der Waals surface area contributed by atoms with Gasteiger partial charge in [-0.2, -0.15) is 5.10 Å². The minimum atomic E-state index is -0.334. The van der Waals surface area contributed by atoms with E-state index in [2.05, 4.69) is 26.0 Å². The molecule has 0 saturated carbocycles. The molecule has 7 heteroatoms. The van der Waals surface area contributed by atoms with Gasteiger partial charge in [0.25, 0.3) is 0 Å². The van der Waals surface area contributed by atoms with Gasteiger partial charge < -0.3 is 4.57 Å². The smallest absolute Gasteiger partial charge is 0.139 e. The molecule has 1 unspecified atom stereocenters. The van der Waals surface area contributed by atoms with Crippen molar-refractivity contribution < 1.29 is 4.39 Å². The van der Waals surface area contributed by atoms with Crippen LogP contribution in [0.2, 0.25) is 0 Å². The van der Waals surface area contributed by atoms with Gasteiger partial charge in [-0.05, 0) is 35.0 Å². The van der Waals surface area contributed by atoms with Gasteiger partial charge in [-0.3, -0.25) is 4.68 Å². The number of hydrogen-bond donors (Lipinski definition) is 0. The van der Waals surface area contributed by atoms with Crippen LogP contribution in [-0.4, -0.2) is 19.3 Å². The van der Waals surface area contributed by atoms with Gasteiger partial charge in [0.05, 0.1) is 33.1 Å². The molecule has 0 aliphatic carbocycles. The van der Waals surface area contributed by atoms with Crippen molar-refractivity contribution in [1.29, 1.82) is 0 Å². The molecule has 3 rings (SSSR count). The van der Waals surface area contributed by atoms with Gasteiger partial charge >= 0.3 is 0 Å². The number of hydrogen-bond acceptors (Lipinski definition) is 2. The predicted octanol–water partition coefficient (Wildman–Crippen LogP) is 4.02. The van der Waals surface area contributed by atoms with Crippen molar-refractivity contribution in [2.75, 3.05) is 0 Å². The normalized spacial score (nSPS) is 13.0. The van der Waals surface area contributed by atoms with Crippen LogP contribution >= 0.6 is 27.5 Å². The number of imidazole rings is 1. The maximum atomic E-state index is 13.7. The Hall–Kier alpha value is -1.40. The predicted molar refractivity (Wildman–Crippen MR) is 84.0 cm³/mol. The number of fused-ring (bicyclic) bond motifs is 1. The minimum Gasteiger partial charge on any atom is -0.321 e. The molecule has 0 aliphatic heterocycles. The van der Waals surface area contributed by atoms with E-state index in [1.54, 1.807) is 10.7 Å². The van der Waals surface area contributed by atoms with Crippen molar-refractivity contribution in [2.45, 2.75) is 18.8 Å². The van der Waals surface area contributed by atoms with Gasteiger partial charge in [-0.15, -0.1) is 11.6 Å². The monoisotopic (exact) mass is 370 g/mol. The van der Waals surface area contributed by atoms with Gasteiger partial charge in [0.2, 0.25) is 0 Å². The Bertz CT molecular complexity index is 809. The van der Waals surface area contributed by atoms with Crippen LogP contribution in [0.15, 0.2) is 28.9 Å². The fourth-order valence-corrected chi connectivity index (χ4v) is 2.82. The third kappa shape index (κ3) is 2.70. The van der Waals surface area contributed by atoms with Crippen LogP contribution in [0.4, 0.5) is 4.39 Å². The van der Waals surface area contributed by atoms with E-state index in [0.29, 0.717) is 22.4 Å². The first-order valence-electron chi connectivity index (χ1n) is 6.43. The first-order valence-corrected chi connectivity index (χ1v) is 7.66. The zero-order valence-corrected chi connectivity index (χ0v) is 13.9. The van der Waals surface area contributed by atoms with Crippen molar-refractivity contribution >= 4 is 38.6 Å². The van der Waals surface area contributed by atoms with Crippen LogP contribution in [0, 0.1) is 5.82 Å². The number of aromatic nitrogens is 4. The lowest BCUT2D eigenvalue weighted by molar-refractivity contribution is 0.622. The Morgan fingerprint density at radius 1 is 1.43 bits per heavy atom. The summed E-state index contributed by atoms with van der Waals surface area (Å²) in [5, 5.41) is 4.10. The van der Waals surface area contributed by atoms with Gasteiger partial charge in [-0.1, -0.05) is 0 Å². The Kier molecular flexibility index (Phi) is 3.75. The van der Waals surface area contributed by atoms with E-state index in [1.807, 2.05) is 30.8 Å². The molecule has 3 aromatic rings. The van der Waals surface area contributed by atoms with Gasteiger partial charge in [0.1, 0.15) is 11.6 Å². The lowest BCUT2D eigenvalue weighted by atomic mass is 10.3. The van der Waals surface area contributed by atoms with Crippen molar-refractivity contribution in [3.63, 3.8) is 0 Å². The highest BCUT2D eigenvalue weighted by molar-refractivity contribution is 9.10. The molecule has 0 fully saturated rings. The molecule has 0 radical (unpaired) electrons. The second-order valence-corrected chi connectivity index (χ2v) is 6.42. The molecule has 0 bridgehead atoms. The molecule has 1 atom stereocenters. The largest absolute Gasteiger partial charge is 0.321 e. The summed E-state index contributed by atoms with van der Waals surface area (Å²) >= 11 is 9.43. The van der Waals surface area contributed by atoms with Crippen molar-refractivity contribution in [3.8, 4) is 0 Å². The van der Waals surface area contributed by atoms with Crippen LogP contribution in [0.5, 0.6) is 0 Å². The van der Waals surface area contributed by atoms with Gasteiger partial charge in [0, 0.05) is 19.3 Å². The van der Waals surface area contributed by atoms with Crippen LogP contribution in [-0.2, 0) is 13.6 Å². The maximum absolute atomic E-state index is 13.7. The van der Waals surface area contributed by atoms with E-state index in [4.69, 9.17) is 11.6 Å². The summed E-state index contributed by atoms with van der Waals surface area (Å²) in [5.74, 6) is 0.369. The Morgan fingerprint density at radius 2 is 2.19 bits per heavy atom. The summed E-state index contributed by atoms with van der Waals surface area (Å²) in [6.07, 6.45) is 1.88. The lowest BCUT2D eigenvalue weighted by Crippen LogP contribution is -2.06. The zero-order chi connectivity index (χ0) is 15.1. The topological polar surface area (TPSA) is 35.6 Å². The summed E-state index contributed by atoms with van der Waals surface area (Å²) < 4.78 is 17.8. The highest BCUT2D eigenvalue weighted by atomic mass is 79.9. The van der Waals surface area contributed by atoms with Gasteiger partial charge in [0.15, 0.2) is 0 Å². The molecule has 21 heavy (non-hydrogen) atoms. The number of nitrogens with zero attached hydrogens (tertiary/aromatic N) is 4. The Morgan fingerprint density at radius 3 is 2.81 bits per heavy atom. The number of benzene rings is 1. The summed E-state index contributed by atoms with van der Waals surface area (Å²) in [4.78, 5) is 4.45. The van der Waals surface area contributed by atoms with E-state index >= 15 is 0 Å². The summed E-state index contributed by atoms with van der Waals surface area (Å²) in [6, 6.07) is 5.08. The number of alkyl halides is 1. The fourth-order valence-electron chi connectivity index (χ4n) is 2.32. The minimum absolute atomic E-state index is 0.275. The zero-order valence-electron chi connectivity index (χ0n) is 11.5. The average molecular weight is 372 g/mol. The van der Waals surface area contributed by atoms with Crippen LogP contribution in [0.25, 0.3) is 11.0 Å². The molecule has 110 valence electrons. The molecular weight excluding hydrogens is 359 g/mol. The third-order valence-electron chi connectivity index (χ3n) is 3.26. The highest BCUT2D eigenvalue weighted by Gasteiger charge is 2.17. The van der Waals surface area contributed by atoms with E-state index in [9.17, 15) is 4.39 Å².